The van der Waals surface area contributed by atoms with Crippen molar-refractivity contribution in [2.75, 3.05) is 13.1 Å². The molecule has 0 aliphatic heterocycles. The Morgan fingerprint density at radius 2 is 1.65 bits per heavy atom. The Kier molecular flexibility index (Phi) is 8.57. The summed E-state index contributed by atoms with van der Waals surface area (Å²) in [6.07, 6.45) is -1.06. The summed E-state index contributed by atoms with van der Waals surface area (Å²) >= 11 is 0. The Hall–Kier alpha value is -2.61. The standard InChI is InChI=1S/C18H26N2O6/c1-12(2)10-20(11-15(21)17(24)25)18(26)19-14(16(22)23)9-8-13-6-4-3-5-7-13/h3-7,12,14-15,21H,8-11H2,1-2H3,(H,19,26)(H,22,23)(H,24,25)/t14-,15-/m0/s1. The van der Waals surface area contributed by atoms with Crippen molar-refractivity contribution in [2.24, 2.45) is 5.92 Å². The van der Waals surface area contributed by atoms with Crippen LogP contribution in [0.25, 0.3) is 0 Å². The van der Waals surface area contributed by atoms with E-state index < -0.39 is 36.7 Å². The fourth-order valence-corrected chi connectivity index (χ4v) is 2.42. The molecule has 1 aromatic carbocycles. The number of amides is 2. The first-order valence-electron chi connectivity index (χ1n) is 8.43. The number of carbonyl (C=O) groups excluding carboxylic acids is 1. The summed E-state index contributed by atoms with van der Waals surface area (Å²) in [7, 11) is 0. The highest BCUT2D eigenvalue weighted by Crippen LogP contribution is 2.07. The van der Waals surface area contributed by atoms with Gasteiger partial charge in [0.15, 0.2) is 6.10 Å². The zero-order chi connectivity index (χ0) is 19.7. The van der Waals surface area contributed by atoms with Crippen LogP contribution in [0, 0.1) is 5.92 Å². The Bertz CT molecular complexity index is 605. The number of benzene rings is 1. The van der Waals surface area contributed by atoms with E-state index >= 15 is 0 Å². The number of aliphatic hydroxyl groups excluding tert-OH is 1. The minimum atomic E-state index is -1.73. The SMILES string of the molecule is CC(C)CN(C[C@H](O)C(=O)O)C(=O)N[C@@H](CCc1ccccc1)C(=O)O. The summed E-state index contributed by atoms with van der Waals surface area (Å²) in [5.41, 5.74) is 0.952. The van der Waals surface area contributed by atoms with Crippen molar-refractivity contribution in [3.05, 3.63) is 35.9 Å². The van der Waals surface area contributed by atoms with Gasteiger partial charge >= 0.3 is 18.0 Å². The molecule has 144 valence electrons. The molecule has 0 unspecified atom stereocenters. The molecule has 26 heavy (non-hydrogen) atoms. The van der Waals surface area contributed by atoms with Gasteiger partial charge in [-0.3, -0.25) is 0 Å². The Balaban J connectivity index is 2.74. The molecule has 1 rings (SSSR count). The van der Waals surface area contributed by atoms with E-state index in [-0.39, 0.29) is 18.9 Å². The summed E-state index contributed by atoms with van der Waals surface area (Å²) in [6, 6.07) is 7.48. The van der Waals surface area contributed by atoms with Crippen LogP contribution in [0.4, 0.5) is 4.79 Å². The van der Waals surface area contributed by atoms with Gasteiger partial charge < -0.3 is 25.5 Å². The van der Waals surface area contributed by atoms with Gasteiger partial charge in [-0.2, -0.15) is 0 Å². The Morgan fingerprint density at radius 1 is 1.04 bits per heavy atom. The number of aliphatic carboxylic acids is 2. The lowest BCUT2D eigenvalue weighted by molar-refractivity contribution is -0.147. The Morgan fingerprint density at radius 3 is 2.15 bits per heavy atom. The second kappa shape index (κ2) is 10.4. The van der Waals surface area contributed by atoms with E-state index in [1.54, 1.807) is 0 Å². The molecule has 0 saturated carbocycles. The second-order valence-corrected chi connectivity index (χ2v) is 6.52. The van der Waals surface area contributed by atoms with Crippen molar-refractivity contribution >= 4 is 18.0 Å². The molecular weight excluding hydrogens is 340 g/mol. The zero-order valence-corrected chi connectivity index (χ0v) is 15.0. The third-order valence-electron chi connectivity index (χ3n) is 3.71. The van der Waals surface area contributed by atoms with Gasteiger partial charge in [0.25, 0.3) is 0 Å². The van der Waals surface area contributed by atoms with E-state index in [0.29, 0.717) is 6.42 Å². The molecule has 8 heteroatoms. The number of carboxylic acid groups (broad SMARTS) is 2. The fraction of sp³-hybridized carbons (Fsp3) is 0.500. The highest BCUT2D eigenvalue weighted by Gasteiger charge is 2.26. The van der Waals surface area contributed by atoms with Gasteiger partial charge in [-0.15, -0.1) is 0 Å². The van der Waals surface area contributed by atoms with Crippen molar-refractivity contribution in [3.63, 3.8) is 0 Å². The summed E-state index contributed by atoms with van der Waals surface area (Å²) in [4.78, 5) is 35.8. The molecule has 0 saturated heterocycles. The van der Waals surface area contributed by atoms with Crippen LogP contribution in [-0.4, -0.2) is 63.4 Å². The lowest BCUT2D eigenvalue weighted by Gasteiger charge is -2.27. The molecule has 4 N–H and O–H groups in total. The van der Waals surface area contributed by atoms with E-state index in [9.17, 15) is 24.6 Å². The average Bonchev–Trinajstić information content (AvgIpc) is 2.57. The number of hydrogen-bond acceptors (Lipinski definition) is 4. The molecule has 0 spiro atoms. The van der Waals surface area contributed by atoms with Crippen molar-refractivity contribution < 1.29 is 29.7 Å². The average molecular weight is 366 g/mol. The molecule has 2 amide bonds. The number of carbonyl (C=O) groups is 3. The maximum absolute atomic E-state index is 12.4. The van der Waals surface area contributed by atoms with Crippen LogP contribution in [0.15, 0.2) is 30.3 Å². The van der Waals surface area contributed by atoms with Crippen LogP contribution in [0.2, 0.25) is 0 Å². The second-order valence-electron chi connectivity index (χ2n) is 6.52. The quantitative estimate of drug-likeness (QED) is 0.492. The first kappa shape index (κ1) is 21.4. The molecule has 2 atom stereocenters. The smallest absolute Gasteiger partial charge is 0.334 e. The van der Waals surface area contributed by atoms with Crippen LogP contribution >= 0.6 is 0 Å². The molecule has 0 aromatic heterocycles. The monoisotopic (exact) mass is 366 g/mol. The molecule has 0 heterocycles. The van der Waals surface area contributed by atoms with Gasteiger partial charge in [0, 0.05) is 6.54 Å². The fourth-order valence-electron chi connectivity index (χ4n) is 2.42. The van der Waals surface area contributed by atoms with Crippen LogP contribution in [0.5, 0.6) is 0 Å². The topological polar surface area (TPSA) is 127 Å². The van der Waals surface area contributed by atoms with Crippen LogP contribution in [0.3, 0.4) is 0 Å². The number of rotatable bonds is 10. The molecule has 0 aliphatic rings. The van der Waals surface area contributed by atoms with E-state index in [1.807, 2.05) is 44.2 Å². The number of aryl methyl sites for hydroxylation is 1. The summed E-state index contributed by atoms with van der Waals surface area (Å²) in [5, 5.41) is 30.1. The first-order valence-corrected chi connectivity index (χ1v) is 8.43. The summed E-state index contributed by atoms with van der Waals surface area (Å²) in [6.45, 7) is 3.45. The number of aliphatic hydroxyl groups is 1. The molecule has 0 fully saturated rings. The van der Waals surface area contributed by atoms with Crippen LogP contribution < -0.4 is 5.32 Å². The maximum Gasteiger partial charge on any atom is 0.334 e. The van der Waals surface area contributed by atoms with Gasteiger partial charge in [-0.05, 0) is 24.3 Å². The highest BCUT2D eigenvalue weighted by atomic mass is 16.4. The number of carboxylic acids is 2. The van der Waals surface area contributed by atoms with Crippen molar-refractivity contribution in [1.29, 1.82) is 0 Å². The Labute approximate surface area is 152 Å². The predicted octanol–water partition coefficient (Wildman–Crippen LogP) is 1.19. The lowest BCUT2D eigenvalue weighted by atomic mass is 10.1. The minimum absolute atomic E-state index is 0.0225. The largest absolute Gasteiger partial charge is 0.480 e. The molecule has 0 radical (unpaired) electrons. The van der Waals surface area contributed by atoms with Gasteiger partial charge in [0.05, 0.1) is 6.54 Å². The van der Waals surface area contributed by atoms with E-state index in [4.69, 9.17) is 5.11 Å². The third-order valence-corrected chi connectivity index (χ3v) is 3.71. The molecule has 1 aromatic rings. The molecule has 0 bridgehead atoms. The number of nitrogens with zero attached hydrogens (tertiary/aromatic N) is 1. The number of urea groups is 1. The van der Waals surface area contributed by atoms with Gasteiger partial charge in [-0.1, -0.05) is 44.2 Å². The van der Waals surface area contributed by atoms with Crippen LogP contribution in [-0.2, 0) is 16.0 Å². The molecule has 8 nitrogen and oxygen atoms in total. The summed E-state index contributed by atoms with van der Waals surface area (Å²) < 4.78 is 0. The van der Waals surface area contributed by atoms with Gasteiger partial charge in [0.2, 0.25) is 0 Å². The van der Waals surface area contributed by atoms with E-state index in [2.05, 4.69) is 5.32 Å². The lowest BCUT2D eigenvalue weighted by Crippen LogP contribution is -2.51. The maximum atomic E-state index is 12.4. The van der Waals surface area contributed by atoms with Crippen LogP contribution in [0.1, 0.15) is 25.8 Å². The first-order chi connectivity index (χ1) is 12.2. The molecular formula is C18H26N2O6. The molecule has 0 aliphatic carbocycles. The van der Waals surface area contributed by atoms with Crippen molar-refractivity contribution in [1.82, 2.24) is 10.2 Å². The van der Waals surface area contributed by atoms with E-state index in [1.165, 1.54) is 0 Å². The van der Waals surface area contributed by atoms with Crippen molar-refractivity contribution in [3.8, 4) is 0 Å². The summed E-state index contributed by atoms with van der Waals surface area (Å²) in [5.74, 6) is -2.59. The minimum Gasteiger partial charge on any atom is -0.480 e. The normalized spacial score (nSPS) is 13.1. The van der Waals surface area contributed by atoms with Crippen molar-refractivity contribution in [2.45, 2.75) is 38.8 Å². The third kappa shape index (κ3) is 7.52. The van der Waals surface area contributed by atoms with Gasteiger partial charge in [0.1, 0.15) is 6.04 Å². The van der Waals surface area contributed by atoms with Gasteiger partial charge in [-0.25, -0.2) is 14.4 Å². The van der Waals surface area contributed by atoms with E-state index in [0.717, 1.165) is 10.5 Å². The predicted molar refractivity (Wildman–Crippen MR) is 94.8 cm³/mol. The highest BCUT2D eigenvalue weighted by molar-refractivity contribution is 5.83. The zero-order valence-electron chi connectivity index (χ0n) is 15.0. The number of nitrogens with one attached hydrogen (secondary N) is 1. The number of hydrogen-bond donors (Lipinski definition) is 4.